The zero-order valence-corrected chi connectivity index (χ0v) is 36.1. The van der Waals surface area contributed by atoms with Crippen molar-refractivity contribution in [3.05, 3.63) is 60.8 Å². The van der Waals surface area contributed by atoms with Gasteiger partial charge in [0, 0.05) is 6.42 Å². The van der Waals surface area contributed by atoms with E-state index in [4.69, 9.17) is 9.47 Å². The third-order valence-corrected chi connectivity index (χ3v) is 10.6. The molecule has 1 aliphatic heterocycles. The van der Waals surface area contributed by atoms with Crippen LogP contribution in [0.15, 0.2) is 60.8 Å². The van der Waals surface area contributed by atoms with Gasteiger partial charge >= 0.3 is 0 Å². The molecule has 7 atom stereocenters. The first-order valence-corrected chi connectivity index (χ1v) is 23.0. The summed E-state index contributed by atoms with van der Waals surface area (Å²) in [6.07, 6.45) is 42.2. The third kappa shape index (κ3) is 28.9. The maximum Gasteiger partial charge on any atom is 0.220 e. The van der Waals surface area contributed by atoms with Crippen LogP contribution in [-0.2, 0) is 14.3 Å². The maximum atomic E-state index is 13.0. The van der Waals surface area contributed by atoms with Gasteiger partial charge < -0.3 is 40.3 Å². The molecule has 0 spiro atoms. The fourth-order valence-corrected chi connectivity index (χ4v) is 6.95. The molecule has 0 aromatic heterocycles. The second-order valence-electron chi connectivity index (χ2n) is 15.8. The van der Waals surface area contributed by atoms with Crippen LogP contribution in [0.2, 0.25) is 0 Å². The van der Waals surface area contributed by atoms with Crippen molar-refractivity contribution in [1.29, 1.82) is 0 Å². The van der Waals surface area contributed by atoms with Crippen LogP contribution in [0, 0.1) is 0 Å². The number of carbonyl (C=O) groups is 1. The Labute approximate surface area is 347 Å². The molecule has 0 aromatic rings. The van der Waals surface area contributed by atoms with Crippen molar-refractivity contribution < 1.29 is 39.8 Å². The lowest BCUT2D eigenvalue weighted by atomic mass is 9.99. The van der Waals surface area contributed by atoms with Crippen molar-refractivity contribution in [2.45, 2.75) is 224 Å². The van der Waals surface area contributed by atoms with E-state index >= 15 is 0 Å². The van der Waals surface area contributed by atoms with Gasteiger partial charge in [-0.3, -0.25) is 4.79 Å². The molecule has 0 saturated carbocycles. The van der Waals surface area contributed by atoms with Crippen LogP contribution in [0.5, 0.6) is 0 Å². The van der Waals surface area contributed by atoms with Gasteiger partial charge in [-0.1, -0.05) is 177 Å². The van der Waals surface area contributed by atoms with Crippen LogP contribution in [0.25, 0.3) is 0 Å². The lowest BCUT2D eigenvalue weighted by Crippen LogP contribution is -2.60. The minimum Gasteiger partial charge on any atom is -0.394 e. The molecule has 1 rings (SSSR count). The molecule has 1 saturated heterocycles. The number of rotatable bonds is 37. The summed E-state index contributed by atoms with van der Waals surface area (Å²) in [5.74, 6) is -0.160. The summed E-state index contributed by atoms with van der Waals surface area (Å²) < 4.78 is 11.2. The van der Waals surface area contributed by atoms with Gasteiger partial charge in [0.25, 0.3) is 0 Å². The number of unbranched alkanes of at least 4 members (excludes halogenated alkanes) is 17. The number of hydrogen-bond acceptors (Lipinski definition) is 8. The smallest absolute Gasteiger partial charge is 0.220 e. The summed E-state index contributed by atoms with van der Waals surface area (Å²) in [7, 11) is 0. The zero-order chi connectivity index (χ0) is 41.6. The normalized spacial score (nSPS) is 21.6. The van der Waals surface area contributed by atoms with Crippen LogP contribution >= 0.6 is 0 Å². The van der Waals surface area contributed by atoms with E-state index in [2.05, 4.69) is 79.9 Å². The summed E-state index contributed by atoms with van der Waals surface area (Å²) in [5.41, 5.74) is 0. The number of carbonyl (C=O) groups excluding carboxylic acids is 1. The number of nitrogens with one attached hydrogen (secondary N) is 1. The third-order valence-electron chi connectivity index (χ3n) is 10.6. The molecule has 330 valence electrons. The van der Waals surface area contributed by atoms with Crippen molar-refractivity contribution >= 4 is 5.91 Å². The number of amides is 1. The van der Waals surface area contributed by atoms with Crippen molar-refractivity contribution in [1.82, 2.24) is 5.32 Å². The van der Waals surface area contributed by atoms with Gasteiger partial charge in [-0.2, -0.15) is 0 Å². The molecule has 57 heavy (non-hydrogen) atoms. The minimum atomic E-state index is -1.56. The number of ether oxygens (including phenoxy) is 2. The standard InChI is InChI=1S/C48H85NO8/c1-3-5-7-9-11-13-15-16-17-18-19-20-21-22-23-24-25-26-28-30-32-34-36-38-44(52)49-41(40-56-48-47(55)46(54)45(53)43(39-50)57-48)42(51)37-35-33-31-29-27-14-12-10-8-6-4-2/h5,7,11,13,16-17,19-20,22-23,41-43,45-48,50-51,53-55H,3-4,6,8-10,12,14-15,18,21,24-40H2,1-2H3,(H,49,52)/b7-5-,13-11-,17-16-,20-19-,23-22-. The highest BCUT2D eigenvalue weighted by Crippen LogP contribution is 2.23. The second-order valence-corrected chi connectivity index (χ2v) is 15.8. The van der Waals surface area contributed by atoms with Crippen LogP contribution < -0.4 is 5.32 Å². The fourth-order valence-electron chi connectivity index (χ4n) is 6.95. The van der Waals surface area contributed by atoms with E-state index in [0.717, 1.165) is 83.5 Å². The van der Waals surface area contributed by atoms with Crippen LogP contribution in [-0.4, -0.2) is 87.5 Å². The minimum absolute atomic E-state index is 0.146. The molecule has 9 heteroatoms. The molecule has 1 heterocycles. The van der Waals surface area contributed by atoms with Crippen LogP contribution in [0.1, 0.15) is 181 Å². The Hall–Kier alpha value is -2.11. The molecule has 1 fully saturated rings. The summed E-state index contributed by atoms with van der Waals surface area (Å²) in [4.78, 5) is 13.0. The second kappa shape index (κ2) is 38.1. The van der Waals surface area contributed by atoms with Crippen LogP contribution in [0.4, 0.5) is 0 Å². The van der Waals surface area contributed by atoms with Crippen molar-refractivity contribution in [3.8, 4) is 0 Å². The Morgan fingerprint density at radius 2 is 1.09 bits per heavy atom. The summed E-state index contributed by atoms with van der Waals surface area (Å²) in [5, 5.41) is 54.3. The van der Waals surface area contributed by atoms with E-state index in [-0.39, 0.29) is 12.5 Å². The van der Waals surface area contributed by atoms with E-state index in [1.807, 2.05) is 0 Å². The van der Waals surface area contributed by atoms with Gasteiger partial charge in [0.15, 0.2) is 6.29 Å². The van der Waals surface area contributed by atoms with Gasteiger partial charge in [0.2, 0.25) is 5.91 Å². The molecule has 9 nitrogen and oxygen atoms in total. The van der Waals surface area contributed by atoms with Crippen molar-refractivity contribution in [2.75, 3.05) is 13.2 Å². The summed E-state index contributed by atoms with van der Waals surface area (Å²) in [6.45, 7) is 3.69. The number of hydrogen-bond donors (Lipinski definition) is 6. The van der Waals surface area contributed by atoms with Gasteiger partial charge in [-0.05, 0) is 57.8 Å². The molecule has 0 radical (unpaired) electrons. The van der Waals surface area contributed by atoms with Gasteiger partial charge in [-0.15, -0.1) is 0 Å². The van der Waals surface area contributed by atoms with Gasteiger partial charge in [-0.25, -0.2) is 0 Å². The summed E-state index contributed by atoms with van der Waals surface area (Å²) in [6, 6.07) is -0.726. The first kappa shape index (κ1) is 52.9. The van der Waals surface area contributed by atoms with E-state index in [9.17, 15) is 30.3 Å². The van der Waals surface area contributed by atoms with Crippen molar-refractivity contribution in [3.63, 3.8) is 0 Å². The molecular weight excluding hydrogens is 719 g/mol. The fraction of sp³-hybridized carbons (Fsp3) is 0.771. The number of aliphatic hydroxyl groups excluding tert-OH is 5. The Morgan fingerprint density at radius 1 is 0.614 bits per heavy atom. The Balaban J connectivity index is 2.30. The molecule has 7 unspecified atom stereocenters. The highest BCUT2D eigenvalue weighted by atomic mass is 16.7. The Bertz CT molecular complexity index is 1070. The highest BCUT2D eigenvalue weighted by Gasteiger charge is 2.44. The van der Waals surface area contributed by atoms with E-state index < -0.39 is 49.5 Å². The molecular formula is C48H85NO8. The molecule has 6 N–H and O–H groups in total. The summed E-state index contributed by atoms with van der Waals surface area (Å²) >= 11 is 0. The SMILES string of the molecule is CC/C=C\C/C=C\C/C=C\C/C=C\C/C=C\CCCCCCCCCC(=O)NC(COC1OC(CO)C(O)C(O)C1O)C(O)CCCCCCCCCCCCC. The maximum absolute atomic E-state index is 13.0. The van der Waals surface area contributed by atoms with E-state index in [0.29, 0.717) is 12.8 Å². The predicted octanol–water partition coefficient (Wildman–Crippen LogP) is 9.61. The first-order valence-electron chi connectivity index (χ1n) is 23.0. The van der Waals surface area contributed by atoms with Crippen molar-refractivity contribution in [2.24, 2.45) is 0 Å². The first-order chi connectivity index (χ1) is 27.8. The lowest BCUT2D eigenvalue weighted by Gasteiger charge is -2.40. The topological polar surface area (TPSA) is 149 Å². The molecule has 0 aliphatic carbocycles. The zero-order valence-electron chi connectivity index (χ0n) is 36.1. The number of allylic oxidation sites excluding steroid dienone is 10. The quantitative estimate of drug-likeness (QED) is 0.0269. The van der Waals surface area contributed by atoms with Gasteiger partial charge in [0.05, 0.1) is 25.4 Å². The molecule has 0 bridgehead atoms. The van der Waals surface area contributed by atoms with E-state index in [1.165, 1.54) is 70.6 Å². The number of aliphatic hydroxyl groups is 5. The molecule has 0 aromatic carbocycles. The van der Waals surface area contributed by atoms with Gasteiger partial charge in [0.1, 0.15) is 24.4 Å². The molecule has 1 amide bonds. The lowest BCUT2D eigenvalue weighted by molar-refractivity contribution is -0.302. The highest BCUT2D eigenvalue weighted by molar-refractivity contribution is 5.76. The van der Waals surface area contributed by atoms with E-state index in [1.54, 1.807) is 0 Å². The predicted molar refractivity (Wildman–Crippen MR) is 235 cm³/mol. The molecule has 1 aliphatic rings. The monoisotopic (exact) mass is 804 g/mol. The largest absolute Gasteiger partial charge is 0.394 e. The average Bonchev–Trinajstić information content (AvgIpc) is 3.21. The van der Waals surface area contributed by atoms with Crippen LogP contribution in [0.3, 0.4) is 0 Å². The Morgan fingerprint density at radius 3 is 1.61 bits per heavy atom. The average molecular weight is 804 g/mol. The Kier molecular flexibility index (Phi) is 35.4.